The normalized spacial score (nSPS) is 10.2. The lowest BCUT2D eigenvalue weighted by Crippen LogP contribution is -2.09. The molecule has 0 saturated heterocycles. The van der Waals surface area contributed by atoms with Crippen molar-refractivity contribution in [1.82, 2.24) is 9.97 Å². The molecule has 0 aliphatic carbocycles. The quantitative estimate of drug-likeness (QED) is 0.775. The van der Waals surface area contributed by atoms with Crippen molar-refractivity contribution >= 4 is 29.0 Å². The number of nitrogens with two attached hydrogens (primary N) is 1. The van der Waals surface area contributed by atoms with Gasteiger partial charge in [-0.05, 0) is 25.1 Å². The minimum atomic E-state index is 0.245. The highest BCUT2D eigenvalue weighted by molar-refractivity contribution is 5.65. The largest absolute Gasteiger partial charge is 0.378 e. The van der Waals surface area contributed by atoms with Gasteiger partial charge in [-0.2, -0.15) is 9.97 Å². The number of hydrogen-bond acceptors (Lipinski definition) is 6. The molecule has 20 heavy (non-hydrogen) atoms. The van der Waals surface area contributed by atoms with E-state index in [9.17, 15) is 0 Å². The number of aromatic nitrogens is 2. The minimum absolute atomic E-state index is 0.245. The van der Waals surface area contributed by atoms with E-state index >= 15 is 0 Å². The van der Waals surface area contributed by atoms with Crippen molar-refractivity contribution in [3.63, 3.8) is 0 Å². The van der Waals surface area contributed by atoms with Gasteiger partial charge in [-0.1, -0.05) is 6.07 Å². The smallest absolute Gasteiger partial charge is 0.223 e. The topological polar surface area (TPSA) is 79.1 Å². The van der Waals surface area contributed by atoms with Gasteiger partial charge in [0.05, 0.1) is 0 Å². The first-order chi connectivity index (χ1) is 9.58. The number of nitrogens with one attached hydrogen (secondary N) is 2. The minimum Gasteiger partial charge on any atom is -0.378 e. The number of rotatable bonds is 5. The monoisotopic (exact) mass is 272 g/mol. The first-order valence-corrected chi connectivity index (χ1v) is 6.51. The summed E-state index contributed by atoms with van der Waals surface area (Å²) in [6, 6.07) is 9.91. The molecule has 1 heterocycles. The summed E-state index contributed by atoms with van der Waals surface area (Å²) in [6.07, 6.45) is 0. The van der Waals surface area contributed by atoms with Crippen LogP contribution in [0.2, 0.25) is 0 Å². The van der Waals surface area contributed by atoms with Crippen molar-refractivity contribution in [2.75, 3.05) is 41.9 Å². The second-order valence-electron chi connectivity index (χ2n) is 4.60. The summed E-state index contributed by atoms with van der Waals surface area (Å²) < 4.78 is 0. The average Bonchev–Trinajstić information content (AvgIpc) is 2.38. The third-order valence-electron chi connectivity index (χ3n) is 2.74. The van der Waals surface area contributed by atoms with E-state index in [1.165, 1.54) is 0 Å². The van der Waals surface area contributed by atoms with Gasteiger partial charge in [0.2, 0.25) is 5.95 Å². The van der Waals surface area contributed by atoms with Gasteiger partial charge in [0.1, 0.15) is 11.6 Å². The Hall–Kier alpha value is -2.50. The summed E-state index contributed by atoms with van der Waals surface area (Å²) in [7, 11) is 4.01. The molecule has 106 valence electrons. The van der Waals surface area contributed by atoms with Crippen LogP contribution >= 0.6 is 0 Å². The zero-order chi connectivity index (χ0) is 14.5. The molecular weight excluding hydrogens is 252 g/mol. The Balaban J connectivity index is 2.23. The van der Waals surface area contributed by atoms with Gasteiger partial charge in [0.15, 0.2) is 0 Å². The molecule has 0 radical (unpaired) electrons. The zero-order valence-corrected chi connectivity index (χ0v) is 12.0. The van der Waals surface area contributed by atoms with Crippen molar-refractivity contribution in [3.8, 4) is 0 Å². The Morgan fingerprint density at radius 3 is 2.60 bits per heavy atom. The maximum Gasteiger partial charge on any atom is 0.223 e. The van der Waals surface area contributed by atoms with Gasteiger partial charge in [-0.25, -0.2) is 0 Å². The van der Waals surface area contributed by atoms with Crippen molar-refractivity contribution in [2.24, 2.45) is 0 Å². The molecule has 0 spiro atoms. The van der Waals surface area contributed by atoms with Gasteiger partial charge < -0.3 is 21.3 Å². The van der Waals surface area contributed by atoms with E-state index in [2.05, 4.69) is 20.6 Å². The Morgan fingerprint density at radius 2 is 1.90 bits per heavy atom. The van der Waals surface area contributed by atoms with E-state index < -0.39 is 0 Å². The number of nitrogens with zero attached hydrogens (tertiary/aromatic N) is 3. The van der Waals surface area contributed by atoms with E-state index in [0.29, 0.717) is 11.6 Å². The second-order valence-corrected chi connectivity index (χ2v) is 4.60. The highest BCUT2D eigenvalue weighted by Gasteiger charge is 2.03. The van der Waals surface area contributed by atoms with Crippen LogP contribution in [0.15, 0.2) is 30.3 Å². The fourth-order valence-corrected chi connectivity index (χ4v) is 1.81. The van der Waals surface area contributed by atoms with Crippen LogP contribution in [0.5, 0.6) is 0 Å². The van der Waals surface area contributed by atoms with E-state index in [-0.39, 0.29) is 5.95 Å². The average molecular weight is 272 g/mol. The van der Waals surface area contributed by atoms with Crippen LogP contribution in [0.1, 0.15) is 6.92 Å². The molecule has 0 unspecified atom stereocenters. The summed E-state index contributed by atoms with van der Waals surface area (Å²) in [6.45, 7) is 2.79. The first-order valence-electron chi connectivity index (χ1n) is 6.51. The molecule has 6 heteroatoms. The van der Waals surface area contributed by atoms with Crippen LogP contribution < -0.4 is 21.3 Å². The van der Waals surface area contributed by atoms with Crippen LogP contribution in [0, 0.1) is 0 Å². The van der Waals surface area contributed by atoms with Crippen LogP contribution in [0.4, 0.5) is 29.0 Å². The Labute approximate surface area is 119 Å². The molecule has 0 saturated carbocycles. The lowest BCUT2D eigenvalue weighted by Gasteiger charge is -2.14. The lowest BCUT2D eigenvalue weighted by molar-refractivity contribution is 1.12. The maximum absolute atomic E-state index is 5.71. The molecule has 2 rings (SSSR count). The molecule has 0 bridgehead atoms. The molecule has 0 amide bonds. The molecule has 2 aromatic rings. The third-order valence-corrected chi connectivity index (χ3v) is 2.74. The SMILES string of the molecule is CCNc1cc(Nc2cccc(N(C)C)c2)nc(N)n1. The Morgan fingerprint density at radius 1 is 1.15 bits per heavy atom. The molecule has 0 fully saturated rings. The number of benzene rings is 1. The highest BCUT2D eigenvalue weighted by Crippen LogP contribution is 2.22. The number of anilines is 5. The zero-order valence-electron chi connectivity index (χ0n) is 12.0. The van der Waals surface area contributed by atoms with E-state index in [1.54, 1.807) is 0 Å². The van der Waals surface area contributed by atoms with Gasteiger partial charge in [-0.3, -0.25) is 0 Å². The Bertz CT molecular complexity index is 582. The summed E-state index contributed by atoms with van der Waals surface area (Å²) in [5.74, 6) is 1.63. The molecule has 1 aromatic heterocycles. The van der Waals surface area contributed by atoms with Gasteiger partial charge in [0, 0.05) is 38.1 Å². The van der Waals surface area contributed by atoms with Crippen molar-refractivity contribution in [1.29, 1.82) is 0 Å². The summed E-state index contributed by atoms with van der Waals surface area (Å²) in [5.41, 5.74) is 7.78. The molecule has 0 aliphatic heterocycles. The first kappa shape index (κ1) is 13.9. The van der Waals surface area contributed by atoms with Crippen LogP contribution in [-0.2, 0) is 0 Å². The van der Waals surface area contributed by atoms with Gasteiger partial charge >= 0.3 is 0 Å². The second kappa shape index (κ2) is 6.10. The van der Waals surface area contributed by atoms with Crippen molar-refractivity contribution in [2.45, 2.75) is 6.92 Å². The van der Waals surface area contributed by atoms with Gasteiger partial charge in [-0.15, -0.1) is 0 Å². The van der Waals surface area contributed by atoms with Crippen LogP contribution in [0.3, 0.4) is 0 Å². The maximum atomic E-state index is 5.71. The fraction of sp³-hybridized carbons (Fsp3) is 0.286. The molecule has 0 atom stereocenters. The fourth-order valence-electron chi connectivity index (χ4n) is 1.81. The molecule has 4 N–H and O–H groups in total. The van der Waals surface area contributed by atoms with Crippen LogP contribution in [0.25, 0.3) is 0 Å². The predicted molar refractivity (Wildman–Crippen MR) is 84.7 cm³/mol. The number of nitrogen functional groups attached to an aromatic ring is 1. The highest BCUT2D eigenvalue weighted by atomic mass is 15.1. The predicted octanol–water partition coefficient (Wildman–Crippen LogP) is 2.30. The van der Waals surface area contributed by atoms with E-state index in [0.717, 1.165) is 17.9 Å². The third kappa shape index (κ3) is 3.50. The summed E-state index contributed by atoms with van der Waals surface area (Å²) in [5, 5.41) is 6.37. The summed E-state index contributed by atoms with van der Waals surface area (Å²) >= 11 is 0. The van der Waals surface area contributed by atoms with Crippen molar-refractivity contribution in [3.05, 3.63) is 30.3 Å². The Kier molecular flexibility index (Phi) is 4.24. The van der Waals surface area contributed by atoms with E-state index in [1.807, 2.05) is 56.3 Å². The number of hydrogen-bond donors (Lipinski definition) is 3. The van der Waals surface area contributed by atoms with Gasteiger partial charge in [0.25, 0.3) is 0 Å². The lowest BCUT2D eigenvalue weighted by atomic mass is 10.2. The molecule has 6 nitrogen and oxygen atoms in total. The molecular formula is C14H20N6. The van der Waals surface area contributed by atoms with E-state index in [4.69, 9.17) is 5.73 Å². The summed E-state index contributed by atoms with van der Waals surface area (Å²) in [4.78, 5) is 10.4. The molecule has 0 aliphatic rings. The van der Waals surface area contributed by atoms with Crippen LogP contribution in [-0.4, -0.2) is 30.6 Å². The van der Waals surface area contributed by atoms with Crippen molar-refractivity contribution < 1.29 is 0 Å². The standard InChI is InChI=1S/C14H20N6/c1-4-16-12-9-13(19-14(15)18-12)17-10-6-5-7-11(8-10)20(2)3/h5-9H,4H2,1-3H3,(H4,15,16,17,18,19). The molecule has 1 aromatic carbocycles.